The highest BCUT2D eigenvalue weighted by Gasteiger charge is 2.18. The summed E-state index contributed by atoms with van der Waals surface area (Å²) in [5, 5.41) is 0. The van der Waals surface area contributed by atoms with Gasteiger partial charge in [-0.05, 0) is 30.7 Å². The molecule has 0 aliphatic carbocycles. The minimum absolute atomic E-state index is 0.335. The van der Waals surface area contributed by atoms with Gasteiger partial charge in [0.25, 0.3) is 0 Å². The number of anilines is 2. The summed E-state index contributed by atoms with van der Waals surface area (Å²) in [7, 11) is 0. The van der Waals surface area contributed by atoms with Gasteiger partial charge in [0, 0.05) is 5.69 Å². The fourth-order valence-electron chi connectivity index (χ4n) is 1.73. The molecule has 0 aromatic heterocycles. The van der Waals surface area contributed by atoms with Gasteiger partial charge in [-0.25, -0.2) is 0 Å². The summed E-state index contributed by atoms with van der Waals surface area (Å²) in [6.07, 6.45) is 0. The molecule has 0 bridgehead atoms. The Morgan fingerprint density at radius 2 is 1.79 bits per heavy atom. The highest BCUT2D eigenvalue weighted by molar-refractivity contribution is 5.81. The first-order chi connectivity index (χ1) is 9.08. The van der Waals surface area contributed by atoms with Crippen molar-refractivity contribution in [2.75, 3.05) is 11.5 Å². The van der Waals surface area contributed by atoms with Crippen LogP contribution >= 0.6 is 0 Å². The third kappa shape index (κ3) is 3.04. The van der Waals surface area contributed by atoms with E-state index in [4.69, 9.17) is 16.2 Å². The number of nitrogen functional groups attached to an aromatic ring is 2. The van der Waals surface area contributed by atoms with Crippen molar-refractivity contribution in [3.05, 3.63) is 54.1 Å². The molecule has 0 aliphatic rings. The predicted molar refractivity (Wildman–Crippen MR) is 75.8 cm³/mol. The summed E-state index contributed by atoms with van der Waals surface area (Å²) < 4.78 is 5.30. The molecule has 4 heteroatoms. The van der Waals surface area contributed by atoms with E-state index >= 15 is 0 Å². The maximum atomic E-state index is 12.0. The molecule has 0 heterocycles. The first-order valence-electron chi connectivity index (χ1n) is 5.99. The Bertz CT molecular complexity index is 582. The zero-order chi connectivity index (χ0) is 13.8. The lowest BCUT2D eigenvalue weighted by Gasteiger charge is -2.13. The number of nitrogens with two attached hydrogens (primary N) is 2. The van der Waals surface area contributed by atoms with E-state index in [2.05, 4.69) is 0 Å². The van der Waals surface area contributed by atoms with Crippen molar-refractivity contribution in [3.8, 4) is 5.75 Å². The lowest BCUT2D eigenvalue weighted by atomic mass is 10.0. The summed E-state index contributed by atoms with van der Waals surface area (Å²) in [5.41, 5.74) is 13.1. The number of hydrogen-bond donors (Lipinski definition) is 2. The van der Waals surface area contributed by atoms with Crippen molar-refractivity contribution in [2.45, 2.75) is 12.8 Å². The Kier molecular flexibility index (Phi) is 3.71. The van der Waals surface area contributed by atoms with Crippen LogP contribution in [0.2, 0.25) is 0 Å². The quantitative estimate of drug-likeness (QED) is 0.502. The lowest BCUT2D eigenvalue weighted by Crippen LogP contribution is -2.16. The van der Waals surface area contributed by atoms with Gasteiger partial charge in [0.2, 0.25) is 0 Å². The molecule has 0 aliphatic heterocycles. The van der Waals surface area contributed by atoms with Crippen LogP contribution < -0.4 is 16.2 Å². The van der Waals surface area contributed by atoms with Crippen LogP contribution in [0.5, 0.6) is 5.75 Å². The molecule has 2 aromatic rings. The van der Waals surface area contributed by atoms with Crippen molar-refractivity contribution >= 4 is 17.3 Å². The maximum absolute atomic E-state index is 12.0. The van der Waals surface area contributed by atoms with Crippen molar-refractivity contribution in [3.63, 3.8) is 0 Å². The molecule has 4 nitrogen and oxygen atoms in total. The molecule has 98 valence electrons. The van der Waals surface area contributed by atoms with Gasteiger partial charge < -0.3 is 16.2 Å². The number of carbonyl (C=O) groups is 1. The van der Waals surface area contributed by atoms with Crippen LogP contribution in [0.1, 0.15) is 18.4 Å². The largest absolute Gasteiger partial charge is 0.424 e. The van der Waals surface area contributed by atoms with Crippen molar-refractivity contribution in [1.29, 1.82) is 0 Å². The SMILES string of the molecule is CC(C(=O)Oc1ccc(N)cc1N)c1ccccc1. The Morgan fingerprint density at radius 3 is 2.42 bits per heavy atom. The van der Waals surface area contributed by atoms with Crippen molar-refractivity contribution < 1.29 is 9.53 Å². The van der Waals surface area contributed by atoms with Gasteiger partial charge in [0.05, 0.1) is 11.6 Å². The first-order valence-corrected chi connectivity index (χ1v) is 5.99. The minimum Gasteiger partial charge on any atom is -0.424 e. The van der Waals surface area contributed by atoms with Crippen LogP contribution in [0.15, 0.2) is 48.5 Å². The molecule has 1 unspecified atom stereocenters. The number of carbonyl (C=O) groups excluding carboxylic acids is 1. The molecule has 0 radical (unpaired) electrons. The van der Waals surface area contributed by atoms with Crippen molar-refractivity contribution in [1.82, 2.24) is 0 Å². The smallest absolute Gasteiger partial charge is 0.318 e. The number of benzene rings is 2. The van der Waals surface area contributed by atoms with E-state index in [-0.39, 0.29) is 11.9 Å². The van der Waals surface area contributed by atoms with Crippen molar-refractivity contribution in [2.24, 2.45) is 0 Å². The molecule has 0 fully saturated rings. The zero-order valence-corrected chi connectivity index (χ0v) is 10.7. The standard InChI is InChI=1S/C15H16N2O2/c1-10(11-5-3-2-4-6-11)15(18)19-14-8-7-12(16)9-13(14)17/h2-10H,16-17H2,1H3. The van der Waals surface area contributed by atoms with Gasteiger partial charge in [-0.3, -0.25) is 4.79 Å². The Labute approximate surface area is 112 Å². The molecule has 2 aromatic carbocycles. The van der Waals surface area contributed by atoms with E-state index in [0.717, 1.165) is 5.56 Å². The Hall–Kier alpha value is -2.49. The third-order valence-corrected chi connectivity index (χ3v) is 2.90. The number of hydrogen-bond acceptors (Lipinski definition) is 4. The topological polar surface area (TPSA) is 78.3 Å². The van der Waals surface area contributed by atoms with E-state index in [0.29, 0.717) is 17.1 Å². The molecule has 4 N–H and O–H groups in total. The zero-order valence-electron chi connectivity index (χ0n) is 10.7. The van der Waals surface area contributed by atoms with Gasteiger partial charge in [-0.15, -0.1) is 0 Å². The Balaban J connectivity index is 2.13. The summed E-state index contributed by atoms with van der Waals surface area (Å²) in [6, 6.07) is 14.3. The van der Waals surface area contributed by atoms with Crippen LogP contribution in [-0.4, -0.2) is 5.97 Å². The van der Waals surface area contributed by atoms with Crippen LogP contribution in [0.25, 0.3) is 0 Å². The van der Waals surface area contributed by atoms with Crippen LogP contribution in [0.3, 0.4) is 0 Å². The van der Waals surface area contributed by atoms with Gasteiger partial charge in [0.15, 0.2) is 5.75 Å². The summed E-state index contributed by atoms with van der Waals surface area (Å²) in [6.45, 7) is 1.80. The maximum Gasteiger partial charge on any atom is 0.318 e. The third-order valence-electron chi connectivity index (χ3n) is 2.90. The fraction of sp³-hybridized carbons (Fsp3) is 0.133. The summed E-state index contributed by atoms with van der Waals surface area (Å²) in [4.78, 5) is 12.0. The van der Waals surface area contributed by atoms with Crippen LogP contribution in [0.4, 0.5) is 11.4 Å². The first kappa shape index (κ1) is 13.0. The van der Waals surface area contributed by atoms with Gasteiger partial charge in [-0.2, -0.15) is 0 Å². The fourth-order valence-corrected chi connectivity index (χ4v) is 1.73. The van der Waals surface area contributed by atoms with E-state index < -0.39 is 0 Å². The predicted octanol–water partition coefficient (Wildman–Crippen LogP) is 2.56. The normalized spacial score (nSPS) is 11.8. The molecule has 0 spiro atoms. The molecule has 1 atom stereocenters. The second-order valence-electron chi connectivity index (χ2n) is 4.35. The molecule has 2 rings (SSSR count). The highest BCUT2D eigenvalue weighted by Crippen LogP contribution is 2.26. The van der Waals surface area contributed by atoms with Gasteiger partial charge in [-0.1, -0.05) is 30.3 Å². The molecule has 0 amide bonds. The van der Waals surface area contributed by atoms with E-state index in [1.807, 2.05) is 30.3 Å². The highest BCUT2D eigenvalue weighted by atomic mass is 16.5. The van der Waals surface area contributed by atoms with Gasteiger partial charge >= 0.3 is 5.97 Å². The number of ether oxygens (including phenoxy) is 1. The molecular weight excluding hydrogens is 240 g/mol. The minimum atomic E-state index is -0.349. The van der Waals surface area contributed by atoms with E-state index in [1.165, 1.54) is 0 Å². The van der Waals surface area contributed by atoms with E-state index in [9.17, 15) is 4.79 Å². The number of rotatable bonds is 3. The second-order valence-corrected chi connectivity index (χ2v) is 4.35. The number of esters is 1. The lowest BCUT2D eigenvalue weighted by molar-refractivity contribution is -0.135. The van der Waals surface area contributed by atoms with Crippen LogP contribution in [-0.2, 0) is 4.79 Å². The molecule has 19 heavy (non-hydrogen) atoms. The molecule has 0 saturated heterocycles. The molecular formula is C15H16N2O2. The summed E-state index contributed by atoms with van der Waals surface area (Å²) >= 11 is 0. The van der Waals surface area contributed by atoms with Crippen LogP contribution in [0, 0.1) is 0 Å². The van der Waals surface area contributed by atoms with Gasteiger partial charge in [0.1, 0.15) is 0 Å². The monoisotopic (exact) mass is 256 g/mol. The second kappa shape index (κ2) is 5.44. The van der Waals surface area contributed by atoms with E-state index in [1.54, 1.807) is 25.1 Å². The molecule has 0 saturated carbocycles. The average molecular weight is 256 g/mol. The average Bonchev–Trinajstić information content (AvgIpc) is 2.42. The summed E-state index contributed by atoms with van der Waals surface area (Å²) in [5.74, 6) is -0.359. The Morgan fingerprint density at radius 1 is 1.11 bits per heavy atom.